The highest BCUT2D eigenvalue weighted by Crippen LogP contribution is 2.23. The molecule has 0 radical (unpaired) electrons. The van der Waals surface area contributed by atoms with Crippen LogP contribution in [-0.4, -0.2) is 22.7 Å². The Morgan fingerprint density at radius 2 is 2.10 bits per heavy atom. The Labute approximate surface area is 121 Å². The number of methoxy groups -OCH3 is 1. The SMILES string of the molecule is COc1cnn(C(C)C)c1C(=O)Cc1cccc(F)c1F. The van der Waals surface area contributed by atoms with Crippen molar-refractivity contribution in [2.75, 3.05) is 7.11 Å². The summed E-state index contributed by atoms with van der Waals surface area (Å²) in [6, 6.07) is 3.73. The van der Waals surface area contributed by atoms with Crippen LogP contribution in [0, 0.1) is 11.6 Å². The van der Waals surface area contributed by atoms with Gasteiger partial charge in [0.25, 0.3) is 0 Å². The molecule has 0 aliphatic carbocycles. The van der Waals surface area contributed by atoms with Crippen LogP contribution in [-0.2, 0) is 6.42 Å². The lowest BCUT2D eigenvalue weighted by molar-refractivity contribution is 0.0976. The lowest BCUT2D eigenvalue weighted by Gasteiger charge is -2.11. The first kappa shape index (κ1) is 15.2. The van der Waals surface area contributed by atoms with E-state index in [4.69, 9.17) is 4.74 Å². The van der Waals surface area contributed by atoms with Crippen LogP contribution in [0.3, 0.4) is 0 Å². The molecule has 0 saturated heterocycles. The monoisotopic (exact) mass is 294 g/mol. The molecule has 2 rings (SSSR count). The van der Waals surface area contributed by atoms with Crippen LogP contribution in [0.1, 0.15) is 35.9 Å². The number of nitrogens with zero attached hydrogens (tertiary/aromatic N) is 2. The van der Waals surface area contributed by atoms with Gasteiger partial charge in [0.1, 0.15) is 5.69 Å². The number of benzene rings is 1. The van der Waals surface area contributed by atoms with Crippen molar-refractivity contribution in [2.45, 2.75) is 26.3 Å². The number of ketones is 1. The second-order valence-corrected chi connectivity index (χ2v) is 4.91. The molecule has 21 heavy (non-hydrogen) atoms. The number of hydrogen-bond donors (Lipinski definition) is 0. The van der Waals surface area contributed by atoms with Gasteiger partial charge < -0.3 is 4.74 Å². The van der Waals surface area contributed by atoms with E-state index in [0.29, 0.717) is 5.75 Å². The van der Waals surface area contributed by atoms with Crippen LogP contribution in [0.15, 0.2) is 24.4 Å². The van der Waals surface area contributed by atoms with Gasteiger partial charge >= 0.3 is 0 Å². The lowest BCUT2D eigenvalue weighted by atomic mass is 10.1. The molecule has 0 spiro atoms. The van der Waals surface area contributed by atoms with Gasteiger partial charge in [0.05, 0.1) is 13.3 Å². The Kier molecular flexibility index (Phi) is 4.35. The fraction of sp³-hybridized carbons (Fsp3) is 0.333. The zero-order valence-corrected chi connectivity index (χ0v) is 12.1. The van der Waals surface area contributed by atoms with E-state index in [2.05, 4.69) is 5.10 Å². The van der Waals surface area contributed by atoms with E-state index in [1.54, 1.807) is 0 Å². The first-order valence-corrected chi connectivity index (χ1v) is 6.53. The molecular formula is C15H16F2N2O2. The first-order chi connectivity index (χ1) is 9.95. The Hall–Kier alpha value is -2.24. The normalized spacial score (nSPS) is 11.0. The van der Waals surface area contributed by atoms with E-state index in [-0.39, 0.29) is 29.5 Å². The molecule has 2 aromatic rings. The third kappa shape index (κ3) is 2.94. The summed E-state index contributed by atoms with van der Waals surface area (Å²) >= 11 is 0. The van der Waals surface area contributed by atoms with Crippen molar-refractivity contribution in [2.24, 2.45) is 0 Å². The minimum atomic E-state index is -1.000. The number of carbonyl (C=O) groups is 1. The number of Topliss-reactive ketones (excluding diaryl/α,β-unsaturated/α-hetero) is 1. The second kappa shape index (κ2) is 6.03. The summed E-state index contributed by atoms with van der Waals surface area (Å²) in [6.45, 7) is 3.73. The topological polar surface area (TPSA) is 44.1 Å². The molecule has 4 nitrogen and oxygen atoms in total. The van der Waals surface area contributed by atoms with Crippen molar-refractivity contribution in [3.05, 3.63) is 47.3 Å². The average Bonchev–Trinajstić information content (AvgIpc) is 2.88. The predicted octanol–water partition coefficient (Wildman–Crippen LogP) is 3.18. The molecule has 6 heteroatoms. The predicted molar refractivity (Wildman–Crippen MR) is 73.6 cm³/mol. The molecule has 0 aliphatic rings. The van der Waals surface area contributed by atoms with Gasteiger partial charge in [-0.15, -0.1) is 0 Å². The number of halogens is 2. The van der Waals surface area contributed by atoms with Crippen molar-refractivity contribution in [1.82, 2.24) is 9.78 Å². The number of rotatable bonds is 5. The molecule has 1 heterocycles. The number of ether oxygens (including phenoxy) is 1. The van der Waals surface area contributed by atoms with Gasteiger partial charge in [0.15, 0.2) is 23.2 Å². The van der Waals surface area contributed by atoms with E-state index < -0.39 is 11.6 Å². The molecule has 0 saturated carbocycles. The average molecular weight is 294 g/mol. The van der Waals surface area contributed by atoms with Gasteiger partial charge in [-0.05, 0) is 25.5 Å². The maximum absolute atomic E-state index is 13.7. The van der Waals surface area contributed by atoms with Gasteiger partial charge in [-0.2, -0.15) is 5.10 Å². The molecule has 0 atom stereocenters. The maximum atomic E-state index is 13.7. The molecule has 1 aromatic carbocycles. The van der Waals surface area contributed by atoms with E-state index in [0.717, 1.165) is 6.07 Å². The molecule has 0 N–H and O–H groups in total. The fourth-order valence-electron chi connectivity index (χ4n) is 2.09. The minimum absolute atomic E-state index is 0.0126. The highest BCUT2D eigenvalue weighted by molar-refractivity contribution is 5.98. The van der Waals surface area contributed by atoms with Crippen LogP contribution < -0.4 is 4.74 Å². The van der Waals surface area contributed by atoms with Crippen molar-refractivity contribution in [1.29, 1.82) is 0 Å². The van der Waals surface area contributed by atoms with Crippen LogP contribution in [0.5, 0.6) is 5.75 Å². The summed E-state index contributed by atoms with van der Waals surface area (Å²) < 4.78 is 33.5. The summed E-state index contributed by atoms with van der Waals surface area (Å²) in [7, 11) is 1.43. The van der Waals surface area contributed by atoms with Gasteiger partial charge in [0, 0.05) is 12.5 Å². The highest BCUT2D eigenvalue weighted by Gasteiger charge is 2.22. The van der Waals surface area contributed by atoms with Gasteiger partial charge in [-0.25, -0.2) is 8.78 Å². The van der Waals surface area contributed by atoms with E-state index in [1.807, 2.05) is 13.8 Å². The zero-order chi connectivity index (χ0) is 15.6. The van der Waals surface area contributed by atoms with E-state index in [1.165, 1.54) is 30.1 Å². The molecular weight excluding hydrogens is 278 g/mol. The Balaban J connectivity index is 2.36. The smallest absolute Gasteiger partial charge is 0.189 e. The Bertz CT molecular complexity index is 666. The van der Waals surface area contributed by atoms with Crippen LogP contribution in [0.4, 0.5) is 8.78 Å². The van der Waals surface area contributed by atoms with Gasteiger partial charge in [0.2, 0.25) is 0 Å². The van der Waals surface area contributed by atoms with Crippen molar-refractivity contribution < 1.29 is 18.3 Å². The van der Waals surface area contributed by atoms with Crippen molar-refractivity contribution in [3.8, 4) is 5.75 Å². The third-order valence-corrected chi connectivity index (χ3v) is 3.12. The highest BCUT2D eigenvalue weighted by atomic mass is 19.2. The van der Waals surface area contributed by atoms with Crippen LogP contribution >= 0.6 is 0 Å². The van der Waals surface area contributed by atoms with E-state index >= 15 is 0 Å². The number of carbonyl (C=O) groups excluding carboxylic acids is 1. The molecule has 0 unspecified atom stereocenters. The Morgan fingerprint density at radius 3 is 2.71 bits per heavy atom. The van der Waals surface area contributed by atoms with E-state index in [9.17, 15) is 13.6 Å². The second-order valence-electron chi connectivity index (χ2n) is 4.91. The molecule has 112 valence electrons. The van der Waals surface area contributed by atoms with Crippen molar-refractivity contribution in [3.63, 3.8) is 0 Å². The van der Waals surface area contributed by atoms with Crippen molar-refractivity contribution >= 4 is 5.78 Å². The third-order valence-electron chi connectivity index (χ3n) is 3.12. The molecule has 0 amide bonds. The molecule has 0 bridgehead atoms. The largest absolute Gasteiger partial charge is 0.493 e. The summed E-state index contributed by atoms with van der Waals surface area (Å²) in [4.78, 5) is 12.4. The minimum Gasteiger partial charge on any atom is -0.493 e. The lowest BCUT2D eigenvalue weighted by Crippen LogP contribution is -2.16. The van der Waals surface area contributed by atoms with Gasteiger partial charge in [-0.3, -0.25) is 9.48 Å². The summed E-state index contributed by atoms with van der Waals surface area (Å²) in [5.74, 6) is -2.02. The van der Waals surface area contributed by atoms with Crippen LogP contribution in [0.25, 0.3) is 0 Å². The summed E-state index contributed by atoms with van der Waals surface area (Å²) in [5.41, 5.74) is 0.273. The maximum Gasteiger partial charge on any atom is 0.189 e. The standard InChI is InChI=1S/C15H16F2N2O2/c1-9(2)19-15(13(21-3)8-18-19)12(20)7-10-5-4-6-11(16)14(10)17/h4-6,8-9H,7H2,1-3H3. The Morgan fingerprint density at radius 1 is 1.38 bits per heavy atom. The first-order valence-electron chi connectivity index (χ1n) is 6.53. The number of aromatic nitrogens is 2. The number of hydrogen-bond acceptors (Lipinski definition) is 3. The molecule has 0 aliphatic heterocycles. The summed E-state index contributed by atoms with van der Waals surface area (Å²) in [6.07, 6.45) is 1.19. The molecule has 0 fully saturated rings. The molecule has 1 aromatic heterocycles. The van der Waals surface area contributed by atoms with Crippen LogP contribution in [0.2, 0.25) is 0 Å². The summed E-state index contributed by atoms with van der Waals surface area (Å²) in [5, 5.41) is 4.09. The van der Waals surface area contributed by atoms with Gasteiger partial charge in [-0.1, -0.05) is 12.1 Å². The quantitative estimate of drug-likeness (QED) is 0.796. The zero-order valence-electron chi connectivity index (χ0n) is 12.1. The fourth-order valence-corrected chi connectivity index (χ4v) is 2.09.